The largest absolute Gasteiger partial charge is 0.473 e. The molecule has 1 heterocycles. The molecule has 0 aliphatic heterocycles. The maximum absolute atomic E-state index is 10.9. The Labute approximate surface area is 119 Å². The molecular weight excluding hydrogens is 282 g/mol. The first-order valence-corrected chi connectivity index (χ1v) is 8.14. The minimum atomic E-state index is -3.15. The van der Waals surface area contributed by atoms with Crippen molar-refractivity contribution in [1.29, 1.82) is 0 Å². The molecule has 0 spiro atoms. The Morgan fingerprint density at radius 2 is 2.05 bits per heavy atom. The molecule has 1 rings (SSSR count). The van der Waals surface area contributed by atoms with Crippen LogP contribution in [0.3, 0.4) is 0 Å². The number of nitrogens with two attached hydrogens (primary N) is 1. The van der Waals surface area contributed by atoms with Gasteiger partial charge >= 0.3 is 0 Å². The SMILES string of the molecule is CC(C)Oc1ncnc(NCCCNS(C)(=O)=O)c1N. The van der Waals surface area contributed by atoms with Crippen molar-refractivity contribution in [2.45, 2.75) is 26.4 Å². The third-order valence-electron chi connectivity index (χ3n) is 2.20. The predicted octanol–water partition coefficient (Wildman–Crippen LogP) is 0.197. The standard InChI is InChI=1S/C11H21N5O3S/c1-8(2)19-11-9(12)10(14-7-15-11)13-5-4-6-16-20(3,17)18/h7-8,16H,4-6,12H2,1-3H3,(H,13,14,15). The number of hydrogen-bond donors (Lipinski definition) is 3. The molecule has 0 bridgehead atoms. The van der Waals surface area contributed by atoms with Gasteiger partial charge in [0, 0.05) is 13.1 Å². The number of aromatic nitrogens is 2. The number of hydrogen-bond acceptors (Lipinski definition) is 7. The van der Waals surface area contributed by atoms with Crippen LogP contribution in [0.2, 0.25) is 0 Å². The van der Waals surface area contributed by atoms with E-state index in [0.29, 0.717) is 36.9 Å². The van der Waals surface area contributed by atoms with Crippen molar-refractivity contribution in [2.75, 3.05) is 30.4 Å². The summed E-state index contributed by atoms with van der Waals surface area (Å²) in [6.07, 6.45) is 3.07. The van der Waals surface area contributed by atoms with Crippen LogP contribution < -0.4 is 20.5 Å². The van der Waals surface area contributed by atoms with Gasteiger partial charge in [0.1, 0.15) is 12.0 Å². The van der Waals surface area contributed by atoms with Gasteiger partial charge in [-0.3, -0.25) is 0 Å². The van der Waals surface area contributed by atoms with E-state index in [1.807, 2.05) is 13.8 Å². The molecule has 114 valence electrons. The highest BCUT2D eigenvalue weighted by Crippen LogP contribution is 2.25. The Balaban J connectivity index is 2.48. The maximum atomic E-state index is 10.9. The van der Waals surface area contributed by atoms with Crippen molar-refractivity contribution in [3.05, 3.63) is 6.33 Å². The van der Waals surface area contributed by atoms with Crippen molar-refractivity contribution in [2.24, 2.45) is 0 Å². The summed E-state index contributed by atoms with van der Waals surface area (Å²) in [5.74, 6) is 0.821. The Bertz CT molecular complexity index is 533. The molecule has 0 saturated carbocycles. The summed E-state index contributed by atoms with van der Waals surface area (Å²) >= 11 is 0. The van der Waals surface area contributed by atoms with E-state index >= 15 is 0 Å². The van der Waals surface area contributed by atoms with E-state index in [2.05, 4.69) is 20.0 Å². The smallest absolute Gasteiger partial charge is 0.242 e. The van der Waals surface area contributed by atoms with Crippen molar-refractivity contribution >= 4 is 21.5 Å². The number of ether oxygens (including phenoxy) is 1. The number of nitrogens with zero attached hydrogens (tertiary/aromatic N) is 2. The molecule has 0 aromatic carbocycles. The fourth-order valence-electron chi connectivity index (χ4n) is 1.39. The molecule has 0 aliphatic carbocycles. The summed E-state index contributed by atoms with van der Waals surface area (Å²) in [4.78, 5) is 7.99. The lowest BCUT2D eigenvalue weighted by Crippen LogP contribution is -2.24. The minimum Gasteiger partial charge on any atom is -0.473 e. The molecule has 20 heavy (non-hydrogen) atoms. The number of nitrogens with one attached hydrogen (secondary N) is 2. The van der Waals surface area contributed by atoms with Crippen LogP contribution >= 0.6 is 0 Å². The zero-order valence-electron chi connectivity index (χ0n) is 11.9. The highest BCUT2D eigenvalue weighted by molar-refractivity contribution is 7.88. The summed E-state index contributed by atoms with van der Waals surface area (Å²) in [6, 6.07) is 0. The quantitative estimate of drug-likeness (QED) is 0.587. The Hall–Kier alpha value is -1.61. The Kier molecular flexibility index (Phi) is 5.96. The number of rotatable bonds is 8. The fourth-order valence-corrected chi connectivity index (χ4v) is 1.91. The van der Waals surface area contributed by atoms with Gasteiger partial charge in [-0.2, -0.15) is 4.98 Å². The second-order valence-electron chi connectivity index (χ2n) is 4.55. The molecule has 1 aromatic rings. The van der Waals surface area contributed by atoms with E-state index in [4.69, 9.17) is 10.5 Å². The molecule has 4 N–H and O–H groups in total. The minimum absolute atomic E-state index is 0.0287. The Morgan fingerprint density at radius 3 is 2.65 bits per heavy atom. The van der Waals surface area contributed by atoms with Crippen LogP contribution in [0.25, 0.3) is 0 Å². The van der Waals surface area contributed by atoms with Crippen LogP contribution in [0.5, 0.6) is 5.88 Å². The van der Waals surface area contributed by atoms with Gasteiger partial charge in [0.05, 0.1) is 12.4 Å². The summed E-state index contributed by atoms with van der Waals surface area (Å²) in [6.45, 7) is 4.65. The van der Waals surface area contributed by atoms with Gasteiger partial charge in [-0.15, -0.1) is 0 Å². The summed E-state index contributed by atoms with van der Waals surface area (Å²) in [5.41, 5.74) is 6.24. The van der Waals surface area contributed by atoms with Gasteiger partial charge in [-0.05, 0) is 20.3 Å². The molecule has 0 amide bonds. The number of anilines is 2. The van der Waals surface area contributed by atoms with Crippen LogP contribution in [0, 0.1) is 0 Å². The molecular formula is C11H21N5O3S. The van der Waals surface area contributed by atoms with E-state index in [9.17, 15) is 8.42 Å². The first-order valence-electron chi connectivity index (χ1n) is 6.25. The van der Waals surface area contributed by atoms with E-state index in [0.717, 1.165) is 6.26 Å². The van der Waals surface area contributed by atoms with Gasteiger partial charge < -0.3 is 15.8 Å². The molecule has 0 fully saturated rings. The average Bonchev–Trinajstić information content (AvgIpc) is 2.31. The zero-order chi connectivity index (χ0) is 15.2. The summed E-state index contributed by atoms with van der Waals surface area (Å²) in [7, 11) is -3.15. The third-order valence-corrected chi connectivity index (χ3v) is 2.93. The van der Waals surface area contributed by atoms with Crippen LogP contribution in [-0.4, -0.2) is 43.8 Å². The van der Waals surface area contributed by atoms with Gasteiger partial charge in [0.25, 0.3) is 0 Å². The van der Waals surface area contributed by atoms with Crippen LogP contribution in [0.15, 0.2) is 6.33 Å². The lowest BCUT2D eigenvalue weighted by Gasteiger charge is -2.13. The normalized spacial score (nSPS) is 11.6. The third kappa shape index (κ3) is 6.02. The summed E-state index contributed by atoms with van der Waals surface area (Å²) < 4.78 is 29.6. The van der Waals surface area contributed by atoms with Gasteiger partial charge in [0.2, 0.25) is 15.9 Å². The second kappa shape index (κ2) is 7.25. The number of sulfonamides is 1. The number of nitrogen functional groups attached to an aromatic ring is 1. The van der Waals surface area contributed by atoms with Crippen molar-refractivity contribution in [1.82, 2.24) is 14.7 Å². The molecule has 0 unspecified atom stereocenters. The van der Waals surface area contributed by atoms with Gasteiger partial charge in [-0.25, -0.2) is 18.1 Å². The van der Waals surface area contributed by atoms with Gasteiger partial charge in [0.15, 0.2) is 5.82 Å². The lowest BCUT2D eigenvalue weighted by molar-refractivity contribution is 0.234. The van der Waals surface area contributed by atoms with E-state index < -0.39 is 10.0 Å². The first-order chi connectivity index (χ1) is 9.29. The van der Waals surface area contributed by atoms with Crippen LogP contribution in [0.1, 0.15) is 20.3 Å². The highest BCUT2D eigenvalue weighted by atomic mass is 32.2. The monoisotopic (exact) mass is 303 g/mol. The topological polar surface area (TPSA) is 119 Å². The second-order valence-corrected chi connectivity index (χ2v) is 6.39. The van der Waals surface area contributed by atoms with E-state index in [1.54, 1.807) is 0 Å². The Morgan fingerprint density at radius 1 is 1.35 bits per heavy atom. The van der Waals surface area contributed by atoms with Crippen molar-refractivity contribution < 1.29 is 13.2 Å². The molecule has 0 saturated heterocycles. The molecule has 0 aliphatic rings. The van der Waals surface area contributed by atoms with E-state index in [1.165, 1.54) is 6.33 Å². The van der Waals surface area contributed by atoms with Crippen molar-refractivity contribution in [3.8, 4) is 5.88 Å². The summed E-state index contributed by atoms with van der Waals surface area (Å²) in [5, 5.41) is 3.02. The van der Waals surface area contributed by atoms with Crippen molar-refractivity contribution in [3.63, 3.8) is 0 Å². The average molecular weight is 303 g/mol. The molecule has 1 aromatic heterocycles. The maximum Gasteiger partial charge on any atom is 0.242 e. The predicted molar refractivity (Wildman–Crippen MR) is 78.2 cm³/mol. The van der Waals surface area contributed by atoms with Crippen LogP contribution in [-0.2, 0) is 10.0 Å². The zero-order valence-corrected chi connectivity index (χ0v) is 12.7. The van der Waals surface area contributed by atoms with E-state index in [-0.39, 0.29) is 6.10 Å². The molecule has 0 radical (unpaired) electrons. The fraction of sp³-hybridized carbons (Fsp3) is 0.636. The molecule has 8 nitrogen and oxygen atoms in total. The molecule has 0 atom stereocenters. The molecule has 9 heteroatoms. The lowest BCUT2D eigenvalue weighted by atomic mass is 10.4. The first kappa shape index (κ1) is 16.4. The van der Waals surface area contributed by atoms with Crippen LogP contribution in [0.4, 0.5) is 11.5 Å². The highest BCUT2D eigenvalue weighted by Gasteiger charge is 2.10. The van der Waals surface area contributed by atoms with Gasteiger partial charge in [-0.1, -0.05) is 0 Å².